The summed E-state index contributed by atoms with van der Waals surface area (Å²) in [6.07, 6.45) is -4.97. The zero-order valence-corrected chi connectivity index (χ0v) is 13.7. The number of nitrogens with zero attached hydrogens (tertiary/aromatic N) is 1. The minimum Gasteiger partial charge on any atom is -0.383 e. The van der Waals surface area contributed by atoms with Crippen molar-refractivity contribution in [3.63, 3.8) is 0 Å². The summed E-state index contributed by atoms with van der Waals surface area (Å²) in [4.78, 5) is 1.63. The first-order chi connectivity index (χ1) is 9.83. The molecule has 0 radical (unpaired) electrons. The van der Waals surface area contributed by atoms with E-state index in [0.29, 0.717) is 19.7 Å². The van der Waals surface area contributed by atoms with Crippen molar-refractivity contribution >= 4 is 21.6 Å². The molecule has 1 rings (SSSR count). The summed E-state index contributed by atoms with van der Waals surface area (Å²) >= 11 is 3.36. The van der Waals surface area contributed by atoms with E-state index in [9.17, 15) is 13.2 Å². The SMILES string of the molecule is COCCNCc1ccc(Br)cc1N(C)CCC(F)(F)F. The molecular weight excluding hydrogens is 349 g/mol. The highest BCUT2D eigenvalue weighted by Crippen LogP contribution is 2.26. The van der Waals surface area contributed by atoms with Gasteiger partial charge in [0.2, 0.25) is 0 Å². The summed E-state index contributed by atoms with van der Waals surface area (Å²) in [6.45, 7) is 1.81. The van der Waals surface area contributed by atoms with E-state index in [2.05, 4.69) is 21.2 Å². The molecule has 0 bridgehead atoms. The molecule has 1 N–H and O–H groups in total. The molecule has 0 spiro atoms. The second-order valence-electron chi connectivity index (χ2n) is 4.73. The second-order valence-corrected chi connectivity index (χ2v) is 5.65. The maximum Gasteiger partial charge on any atom is 0.390 e. The Balaban J connectivity index is 2.71. The van der Waals surface area contributed by atoms with Crippen LogP contribution in [0, 0.1) is 0 Å². The van der Waals surface area contributed by atoms with Crippen molar-refractivity contribution < 1.29 is 17.9 Å². The van der Waals surface area contributed by atoms with Crippen molar-refractivity contribution in [1.29, 1.82) is 0 Å². The van der Waals surface area contributed by atoms with Gasteiger partial charge in [0.1, 0.15) is 0 Å². The highest BCUT2D eigenvalue weighted by atomic mass is 79.9. The number of hydrogen-bond donors (Lipinski definition) is 1. The molecule has 7 heteroatoms. The summed E-state index contributed by atoms with van der Waals surface area (Å²) in [7, 11) is 3.30. The number of anilines is 1. The first-order valence-electron chi connectivity index (χ1n) is 6.59. The van der Waals surface area contributed by atoms with Gasteiger partial charge in [-0.25, -0.2) is 0 Å². The van der Waals surface area contributed by atoms with Crippen LogP contribution < -0.4 is 10.2 Å². The predicted octanol–water partition coefficient (Wildman–Crippen LogP) is 3.57. The fourth-order valence-electron chi connectivity index (χ4n) is 1.85. The van der Waals surface area contributed by atoms with Gasteiger partial charge in [0.25, 0.3) is 0 Å². The van der Waals surface area contributed by atoms with Gasteiger partial charge in [0.15, 0.2) is 0 Å². The lowest BCUT2D eigenvalue weighted by Crippen LogP contribution is -2.26. The van der Waals surface area contributed by atoms with Crippen LogP contribution in [0.25, 0.3) is 0 Å². The van der Waals surface area contributed by atoms with Crippen LogP contribution in [0.4, 0.5) is 18.9 Å². The first-order valence-corrected chi connectivity index (χ1v) is 7.39. The van der Waals surface area contributed by atoms with E-state index in [1.807, 2.05) is 18.2 Å². The number of rotatable bonds is 8. The second kappa shape index (κ2) is 8.60. The number of hydrogen-bond acceptors (Lipinski definition) is 3. The molecule has 21 heavy (non-hydrogen) atoms. The molecule has 0 aliphatic heterocycles. The van der Waals surface area contributed by atoms with E-state index in [4.69, 9.17) is 4.74 Å². The van der Waals surface area contributed by atoms with Crippen LogP contribution in [0.3, 0.4) is 0 Å². The molecule has 0 unspecified atom stereocenters. The van der Waals surface area contributed by atoms with E-state index in [-0.39, 0.29) is 6.54 Å². The topological polar surface area (TPSA) is 24.5 Å². The molecule has 0 saturated heterocycles. The first kappa shape index (κ1) is 18.3. The quantitative estimate of drug-likeness (QED) is 0.709. The highest BCUT2D eigenvalue weighted by molar-refractivity contribution is 9.10. The smallest absolute Gasteiger partial charge is 0.383 e. The van der Waals surface area contributed by atoms with E-state index < -0.39 is 12.6 Å². The van der Waals surface area contributed by atoms with E-state index in [0.717, 1.165) is 15.7 Å². The molecule has 0 aliphatic rings. The molecule has 120 valence electrons. The number of benzene rings is 1. The zero-order chi connectivity index (χ0) is 15.9. The number of methoxy groups -OCH3 is 1. The average Bonchev–Trinajstić information content (AvgIpc) is 2.41. The highest BCUT2D eigenvalue weighted by Gasteiger charge is 2.27. The van der Waals surface area contributed by atoms with Crippen molar-refractivity contribution in [2.24, 2.45) is 0 Å². The summed E-state index contributed by atoms with van der Waals surface area (Å²) in [5, 5.41) is 3.20. The molecule has 0 aliphatic carbocycles. The third kappa shape index (κ3) is 7.15. The average molecular weight is 369 g/mol. The lowest BCUT2D eigenvalue weighted by molar-refractivity contribution is -0.132. The molecular formula is C14H20BrF3N2O. The number of halogens is 4. The van der Waals surface area contributed by atoms with E-state index in [1.165, 1.54) is 0 Å². The maximum absolute atomic E-state index is 12.3. The molecule has 0 heterocycles. The number of nitrogens with one attached hydrogen (secondary N) is 1. The summed E-state index contributed by atoms with van der Waals surface area (Å²) < 4.78 is 42.8. The molecule has 0 atom stereocenters. The Kier molecular flexibility index (Phi) is 7.48. The largest absolute Gasteiger partial charge is 0.390 e. The van der Waals surface area contributed by atoms with Gasteiger partial charge in [0, 0.05) is 44.0 Å². The Labute approximate surface area is 131 Å². The van der Waals surface area contributed by atoms with Crippen LogP contribution in [0.5, 0.6) is 0 Å². The van der Waals surface area contributed by atoms with Crippen LogP contribution >= 0.6 is 15.9 Å². The molecule has 0 saturated carbocycles. The number of ether oxygens (including phenoxy) is 1. The molecule has 3 nitrogen and oxygen atoms in total. The Morgan fingerprint density at radius 2 is 2.05 bits per heavy atom. The van der Waals surface area contributed by atoms with Crippen molar-refractivity contribution in [2.45, 2.75) is 19.1 Å². The minimum atomic E-state index is -4.14. The number of alkyl halides is 3. The summed E-state index contributed by atoms with van der Waals surface area (Å²) in [6, 6.07) is 5.63. The lowest BCUT2D eigenvalue weighted by atomic mass is 10.1. The van der Waals surface area contributed by atoms with Gasteiger partial charge in [-0.1, -0.05) is 22.0 Å². The third-order valence-electron chi connectivity index (χ3n) is 2.99. The van der Waals surface area contributed by atoms with Crippen LogP contribution in [0.15, 0.2) is 22.7 Å². The fourth-order valence-corrected chi connectivity index (χ4v) is 2.20. The monoisotopic (exact) mass is 368 g/mol. The summed E-state index contributed by atoms with van der Waals surface area (Å²) in [5.74, 6) is 0. The molecule has 0 aromatic heterocycles. The predicted molar refractivity (Wildman–Crippen MR) is 81.7 cm³/mol. The van der Waals surface area contributed by atoms with Crippen molar-refractivity contribution in [1.82, 2.24) is 5.32 Å². The van der Waals surface area contributed by atoms with Crippen molar-refractivity contribution in [3.05, 3.63) is 28.2 Å². The van der Waals surface area contributed by atoms with Crippen LogP contribution in [0.2, 0.25) is 0 Å². The van der Waals surface area contributed by atoms with Gasteiger partial charge < -0.3 is 15.0 Å². The van der Waals surface area contributed by atoms with Gasteiger partial charge >= 0.3 is 6.18 Å². The Bertz CT molecular complexity index is 441. The Morgan fingerprint density at radius 3 is 2.67 bits per heavy atom. The normalized spacial score (nSPS) is 11.7. The van der Waals surface area contributed by atoms with Gasteiger partial charge in [0.05, 0.1) is 13.0 Å². The van der Waals surface area contributed by atoms with Crippen LogP contribution in [0.1, 0.15) is 12.0 Å². The molecule has 0 fully saturated rings. The third-order valence-corrected chi connectivity index (χ3v) is 3.48. The van der Waals surface area contributed by atoms with Crippen molar-refractivity contribution in [3.8, 4) is 0 Å². The molecule has 0 amide bonds. The standard InChI is InChI=1S/C14H20BrF3N2O/c1-20(7-5-14(16,17)18)13-9-12(15)4-3-11(13)10-19-6-8-21-2/h3-4,9,19H,5-8,10H2,1-2H3. The van der Waals surface area contributed by atoms with Gasteiger partial charge in [-0.2, -0.15) is 13.2 Å². The molecule has 1 aromatic carbocycles. The Morgan fingerprint density at radius 1 is 1.33 bits per heavy atom. The molecule has 1 aromatic rings. The fraction of sp³-hybridized carbons (Fsp3) is 0.571. The zero-order valence-electron chi connectivity index (χ0n) is 12.1. The van der Waals surface area contributed by atoms with E-state index >= 15 is 0 Å². The van der Waals surface area contributed by atoms with E-state index in [1.54, 1.807) is 19.1 Å². The Hall–Kier alpha value is -0.790. The van der Waals surface area contributed by atoms with Crippen LogP contribution in [-0.2, 0) is 11.3 Å². The van der Waals surface area contributed by atoms with Gasteiger partial charge in [-0.3, -0.25) is 0 Å². The summed E-state index contributed by atoms with van der Waals surface area (Å²) in [5.41, 5.74) is 1.75. The minimum absolute atomic E-state index is 0.0645. The maximum atomic E-state index is 12.3. The lowest BCUT2D eigenvalue weighted by Gasteiger charge is -2.23. The van der Waals surface area contributed by atoms with Crippen LogP contribution in [-0.4, -0.2) is 40.0 Å². The van der Waals surface area contributed by atoms with Gasteiger partial charge in [-0.15, -0.1) is 0 Å². The van der Waals surface area contributed by atoms with Crippen molar-refractivity contribution in [2.75, 3.05) is 38.8 Å². The van der Waals surface area contributed by atoms with Gasteiger partial charge in [-0.05, 0) is 17.7 Å².